The molecule has 0 aromatic rings. The second-order valence-electron chi connectivity index (χ2n) is 3.31. The minimum Gasteiger partial charge on any atom is -0.0871 e. The first-order valence-electron chi connectivity index (χ1n) is 5.20. The van der Waals surface area contributed by atoms with Crippen LogP contribution in [0.3, 0.4) is 0 Å². The molecule has 1 aliphatic rings. The summed E-state index contributed by atoms with van der Waals surface area (Å²) in [5.41, 5.74) is 2.58. The maximum absolute atomic E-state index is 2.28. The first-order valence-corrected chi connectivity index (χ1v) is 5.20. The van der Waals surface area contributed by atoms with Crippen molar-refractivity contribution in [1.29, 1.82) is 0 Å². The highest BCUT2D eigenvalue weighted by Gasteiger charge is 1.91. The van der Waals surface area contributed by atoms with E-state index in [1.807, 2.05) is 6.92 Å². The van der Waals surface area contributed by atoms with Gasteiger partial charge in [0.15, 0.2) is 0 Å². The summed E-state index contributed by atoms with van der Waals surface area (Å²) in [7, 11) is 0. The van der Waals surface area contributed by atoms with Gasteiger partial charge in [-0.2, -0.15) is 0 Å². The zero-order chi connectivity index (χ0) is 10.2. The van der Waals surface area contributed by atoms with Gasteiger partial charge in [0.2, 0.25) is 0 Å². The van der Waals surface area contributed by atoms with Gasteiger partial charge >= 0.3 is 0 Å². The maximum atomic E-state index is 2.28. The summed E-state index contributed by atoms with van der Waals surface area (Å²) in [6.45, 7) is 4.10. The van der Waals surface area contributed by atoms with Crippen molar-refractivity contribution in [1.82, 2.24) is 0 Å². The third kappa shape index (κ3) is 3.61. The van der Waals surface area contributed by atoms with E-state index >= 15 is 0 Å². The van der Waals surface area contributed by atoms with Crippen molar-refractivity contribution in [2.24, 2.45) is 0 Å². The predicted octanol–water partition coefficient (Wildman–Crippen LogP) is 4.34. The fourth-order valence-corrected chi connectivity index (χ4v) is 1.39. The Balaban J connectivity index is 2.62. The molecule has 0 unspecified atom stereocenters. The summed E-state index contributed by atoms with van der Waals surface area (Å²) < 4.78 is 0. The summed E-state index contributed by atoms with van der Waals surface area (Å²) in [4.78, 5) is 0. The second-order valence-corrected chi connectivity index (χ2v) is 3.31. The Labute approximate surface area is 87.0 Å². The van der Waals surface area contributed by atoms with Gasteiger partial charge in [0, 0.05) is 0 Å². The van der Waals surface area contributed by atoms with E-state index in [1.54, 1.807) is 0 Å². The van der Waals surface area contributed by atoms with Crippen LogP contribution < -0.4 is 0 Å². The monoisotopic (exact) mass is 186 g/mol. The summed E-state index contributed by atoms with van der Waals surface area (Å²) in [6.07, 6.45) is 19.7. The molecule has 0 heterocycles. The fraction of sp³-hybridized carbons (Fsp3) is 0.286. The highest BCUT2D eigenvalue weighted by atomic mass is 14.0. The van der Waals surface area contributed by atoms with Crippen LogP contribution in [0.1, 0.15) is 26.7 Å². The van der Waals surface area contributed by atoms with Gasteiger partial charge in [-0.3, -0.25) is 0 Å². The van der Waals surface area contributed by atoms with E-state index in [-0.39, 0.29) is 0 Å². The Kier molecular flexibility index (Phi) is 4.77. The molecular formula is C14H18. The number of hydrogen-bond donors (Lipinski definition) is 0. The van der Waals surface area contributed by atoms with Gasteiger partial charge in [0.25, 0.3) is 0 Å². The SMILES string of the molecule is C\C=C/C(/C=C/C1=CCCC=C1)=C\C. The molecule has 74 valence electrons. The molecular weight excluding hydrogens is 168 g/mol. The average Bonchev–Trinajstić information content (AvgIpc) is 2.25. The van der Waals surface area contributed by atoms with Crippen molar-refractivity contribution < 1.29 is 0 Å². The van der Waals surface area contributed by atoms with Gasteiger partial charge < -0.3 is 0 Å². The maximum Gasteiger partial charge on any atom is -0.0299 e. The third-order valence-corrected chi connectivity index (χ3v) is 2.18. The molecule has 0 amide bonds. The molecule has 0 heteroatoms. The normalized spacial score (nSPS) is 18.1. The van der Waals surface area contributed by atoms with Crippen LogP contribution in [0.25, 0.3) is 0 Å². The van der Waals surface area contributed by atoms with Gasteiger partial charge in [-0.05, 0) is 37.8 Å². The lowest BCUT2D eigenvalue weighted by atomic mass is 10.1. The molecule has 1 aliphatic carbocycles. The van der Waals surface area contributed by atoms with Crippen LogP contribution in [0, 0.1) is 0 Å². The van der Waals surface area contributed by atoms with Crippen molar-refractivity contribution in [3.8, 4) is 0 Å². The van der Waals surface area contributed by atoms with E-state index in [0.717, 1.165) is 0 Å². The van der Waals surface area contributed by atoms with Gasteiger partial charge in [-0.25, -0.2) is 0 Å². The zero-order valence-corrected chi connectivity index (χ0v) is 9.03. The topological polar surface area (TPSA) is 0 Å². The molecule has 1 rings (SSSR count). The number of hydrogen-bond acceptors (Lipinski definition) is 0. The predicted molar refractivity (Wildman–Crippen MR) is 64.2 cm³/mol. The first-order chi connectivity index (χ1) is 6.86. The second kappa shape index (κ2) is 6.20. The van der Waals surface area contributed by atoms with Crippen LogP contribution in [-0.4, -0.2) is 0 Å². The summed E-state index contributed by atoms with van der Waals surface area (Å²) >= 11 is 0. The van der Waals surface area contributed by atoms with Crippen LogP contribution in [0.4, 0.5) is 0 Å². The molecule has 0 fully saturated rings. The van der Waals surface area contributed by atoms with E-state index in [9.17, 15) is 0 Å². The number of allylic oxidation sites excluding steroid dienone is 10. The van der Waals surface area contributed by atoms with Gasteiger partial charge in [0.1, 0.15) is 0 Å². The third-order valence-electron chi connectivity index (χ3n) is 2.18. The van der Waals surface area contributed by atoms with Crippen LogP contribution in [-0.2, 0) is 0 Å². The summed E-state index contributed by atoms with van der Waals surface area (Å²) in [6, 6.07) is 0. The van der Waals surface area contributed by atoms with Gasteiger partial charge in [-0.1, -0.05) is 48.6 Å². The Bertz CT molecular complexity index is 303. The molecule has 0 saturated heterocycles. The van der Waals surface area contributed by atoms with Gasteiger partial charge in [0.05, 0.1) is 0 Å². The molecule has 0 aliphatic heterocycles. The van der Waals surface area contributed by atoms with E-state index in [2.05, 4.69) is 55.5 Å². The van der Waals surface area contributed by atoms with Crippen LogP contribution in [0.15, 0.2) is 59.8 Å². The molecule has 0 nitrogen and oxygen atoms in total. The lowest BCUT2D eigenvalue weighted by Gasteiger charge is -2.00. The van der Waals surface area contributed by atoms with Crippen LogP contribution >= 0.6 is 0 Å². The Morgan fingerprint density at radius 1 is 1.21 bits per heavy atom. The number of rotatable bonds is 3. The lowest BCUT2D eigenvalue weighted by molar-refractivity contribution is 1.02. The molecule has 0 atom stereocenters. The molecule has 0 saturated carbocycles. The molecule has 0 spiro atoms. The Morgan fingerprint density at radius 2 is 2.07 bits per heavy atom. The minimum absolute atomic E-state index is 1.17. The van der Waals surface area contributed by atoms with Crippen molar-refractivity contribution in [2.75, 3.05) is 0 Å². The van der Waals surface area contributed by atoms with E-state index < -0.39 is 0 Å². The highest BCUT2D eigenvalue weighted by Crippen LogP contribution is 2.12. The summed E-state index contributed by atoms with van der Waals surface area (Å²) in [5, 5.41) is 0. The van der Waals surface area contributed by atoms with Crippen molar-refractivity contribution in [3.05, 3.63) is 59.8 Å². The lowest BCUT2D eigenvalue weighted by Crippen LogP contribution is -1.80. The van der Waals surface area contributed by atoms with E-state index in [4.69, 9.17) is 0 Å². The van der Waals surface area contributed by atoms with Crippen molar-refractivity contribution in [3.63, 3.8) is 0 Å². The molecule has 14 heavy (non-hydrogen) atoms. The van der Waals surface area contributed by atoms with Crippen molar-refractivity contribution in [2.45, 2.75) is 26.7 Å². The fourth-order valence-electron chi connectivity index (χ4n) is 1.39. The highest BCUT2D eigenvalue weighted by molar-refractivity contribution is 5.39. The smallest absolute Gasteiger partial charge is 0.0299 e. The quantitative estimate of drug-likeness (QED) is 0.575. The minimum atomic E-state index is 1.17. The molecule has 0 bridgehead atoms. The molecule has 0 N–H and O–H groups in total. The average molecular weight is 186 g/mol. The van der Waals surface area contributed by atoms with E-state index in [0.29, 0.717) is 0 Å². The molecule has 0 radical (unpaired) electrons. The first kappa shape index (κ1) is 10.8. The molecule has 0 aromatic carbocycles. The molecule has 0 aromatic heterocycles. The van der Waals surface area contributed by atoms with Crippen LogP contribution in [0.5, 0.6) is 0 Å². The zero-order valence-electron chi connectivity index (χ0n) is 9.03. The largest absolute Gasteiger partial charge is 0.0871 e. The van der Waals surface area contributed by atoms with Crippen LogP contribution in [0.2, 0.25) is 0 Å². The summed E-state index contributed by atoms with van der Waals surface area (Å²) in [5.74, 6) is 0. The standard InChI is InChI=1S/C14H18/c1-3-8-13(4-2)11-12-14-9-6-5-7-10-14/h3-4,6,8-12H,5,7H2,1-2H3/b8-3-,12-11+,13-4+. The Hall–Kier alpha value is -1.30. The van der Waals surface area contributed by atoms with E-state index in [1.165, 1.54) is 24.0 Å². The Morgan fingerprint density at radius 3 is 2.64 bits per heavy atom. The van der Waals surface area contributed by atoms with Gasteiger partial charge in [-0.15, -0.1) is 0 Å². The van der Waals surface area contributed by atoms with Crippen molar-refractivity contribution >= 4 is 0 Å².